The van der Waals surface area contributed by atoms with E-state index < -0.39 is 6.10 Å². The Morgan fingerprint density at radius 1 is 1.44 bits per heavy atom. The van der Waals surface area contributed by atoms with Gasteiger partial charge in [-0.3, -0.25) is 4.79 Å². The van der Waals surface area contributed by atoms with E-state index in [2.05, 4.69) is 0 Å². The molecule has 0 bridgehead atoms. The van der Waals surface area contributed by atoms with E-state index in [1.165, 1.54) is 0 Å². The van der Waals surface area contributed by atoms with Gasteiger partial charge < -0.3 is 10.0 Å². The predicted molar refractivity (Wildman–Crippen MR) is 74.6 cm³/mol. The van der Waals surface area contributed by atoms with Crippen molar-refractivity contribution in [1.29, 1.82) is 0 Å². The minimum Gasteiger partial charge on any atom is -0.392 e. The van der Waals surface area contributed by atoms with E-state index in [0.29, 0.717) is 35.1 Å². The maximum absolute atomic E-state index is 12.0. The van der Waals surface area contributed by atoms with E-state index in [1.54, 1.807) is 25.1 Å². The molecule has 1 N–H and O–H groups in total. The number of nitrogens with zero attached hydrogens (tertiary/aromatic N) is 1. The topological polar surface area (TPSA) is 40.5 Å². The van der Waals surface area contributed by atoms with Gasteiger partial charge in [0.2, 0.25) is 0 Å². The molecule has 0 fully saturated rings. The van der Waals surface area contributed by atoms with Crippen LogP contribution in [0.2, 0.25) is 10.0 Å². The van der Waals surface area contributed by atoms with Gasteiger partial charge in [0, 0.05) is 25.1 Å². The molecule has 0 aliphatic heterocycles. The second-order valence-corrected chi connectivity index (χ2v) is 5.17. The minimum atomic E-state index is -0.403. The fraction of sp³-hybridized carbons (Fsp3) is 0.462. The highest BCUT2D eigenvalue weighted by Crippen LogP contribution is 2.26. The Labute approximate surface area is 117 Å². The molecule has 0 radical (unpaired) electrons. The third-order valence-electron chi connectivity index (χ3n) is 2.55. The standard InChI is InChI=1S/C13H17Cl2NO2/c1-9(17)8-16(2)7-6-12(18)10-4-3-5-11(14)13(10)15/h3-5,9,17H,6-8H2,1-2H3. The summed E-state index contributed by atoms with van der Waals surface area (Å²) in [5.74, 6) is -0.0417. The zero-order chi connectivity index (χ0) is 13.7. The van der Waals surface area contributed by atoms with Crippen LogP contribution in [0.1, 0.15) is 23.7 Å². The average molecular weight is 290 g/mol. The summed E-state index contributed by atoms with van der Waals surface area (Å²) < 4.78 is 0. The summed E-state index contributed by atoms with van der Waals surface area (Å²) in [5.41, 5.74) is 0.453. The Hall–Kier alpha value is -0.610. The Morgan fingerprint density at radius 3 is 2.72 bits per heavy atom. The maximum atomic E-state index is 12.0. The molecule has 0 amide bonds. The number of aliphatic hydroxyl groups excluding tert-OH is 1. The normalized spacial score (nSPS) is 12.8. The van der Waals surface area contributed by atoms with Crippen LogP contribution in [0.15, 0.2) is 18.2 Å². The fourth-order valence-corrected chi connectivity index (χ4v) is 2.09. The lowest BCUT2D eigenvalue weighted by atomic mass is 10.1. The van der Waals surface area contributed by atoms with Gasteiger partial charge in [-0.15, -0.1) is 0 Å². The second-order valence-electron chi connectivity index (χ2n) is 4.39. The molecule has 0 aliphatic carbocycles. The number of likely N-dealkylation sites (N-methyl/N-ethyl adjacent to an activating group) is 1. The van der Waals surface area contributed by atoms with Crippen molar-refractivity contribution >= 4 is 29.0 Å². The predicted octanol–water partition coefficient (Wildman–Crippen LogP) is 2.88. The summed E-state index contributed by atoms with van der Waals surface area (Å²) in [6, 6.07) is 5.03. The molecule has 0 heterocycles. The molecule has 0 aromatic heterocycles. The molecule has 1 atom stereocenters. The molecule has 1 rings (SSSR count). The summed E-state index contributed by atoms with van der Waals surface area (Å²) >= 11 is 11.8. The number of rotatable bonds is 6. The van der Waals surface area contributed by atoms with Crippen LogP contribution in [-0.2, 0) is 0 Å². The number of ketones is 1. The van der Waals surface area contributed by atoms with Crippen molar-refractivity contribution < 1.29 is 9.90 Å². The van der Waals surface area contributed by atoms with Gasteiger partial charge in [-0.2, -0.15) is 0 Å². The Kier molecular flexibility index (Phi) is 6.09. The van der Waals surface area contributed by atoms with Crippen LogP contribution in [0.25, 0.3) is 0 Å². The van der Waals surface area contributed by atoms with E-state index in [1.807, 2.05) is 11.9 Å². The van der Waals surface area contributed by atoms with Crippen LogP contribution in [-0.4, -0.2) is 42.0 Å². The van der Waals surface area contributed by atoms with Crippen LogP contribution < -0.4 is 0 Å². The van der Waals surface area contributed by atoms with Gasteiger partial charge in [-0.05, 0) is 26.1 Å². The van der Waals surface area contributed by atoms with Crippen LogP contribution in [0.4, 0.5) is 0 Å². The van der Waals surface area contributed by atoms with Crippen LogP contribution in [0.3, 0.4) is 0 Å². The highest BCUT2D eigenvalue weighted by molar-refractivity contribution is 6.43. The van der Waals surface area contributed by atoms with Crippen molar-refractivity contribution in [3.05, 3.63) is 33.8 Å². The minimum absolute atomic E-state index is 0.0417. The molecule has 1 aromatic rings. The molecule has 0 saturated heterocycles. The number of carbonyl (C=O) groups excluding carboxylic acids is 1. The summed E-state index contributed by atoms with van der Waals surface area (Å²) in [7, 11) is 1.86. The second kappa shape index (κ2) is 7.10. The van der Waals surface area contributed by atoms with E-state index in [-0.39, 0.29) is 5.78 Å². The van der Waals surface area contributed by atoms with Gasteiger partial charge in [0.15, 0.2) is 5.78 Å². The van der Waals surface area contributed by atoms with Crippen molar-refractivity contribution in [2.24, 2.45) is 0 Å². The summed E-state index contributed by atoms with van der Waals surface area (Å²) in [5, 5.41) is 9.92. The zero-order valence-corrected chi connectivity index (χ0v) is 12.0. The summed E-state index contributed by atoms with van der Waals surface area (Å²) in [4.78, 5) is 13.9. The monoisotopic (exact) mass is 289 g/mol. The van der Waals surface area contributed by atoms with Crippen molar-refractivity contribution in [2.75, 3.05) is 20.1 Å². The lowest BCUT2D eigenvalue weighted by Gasteiger charge is -2.17. The van der Waals surface area contributed by atoms with Crippen molar-refractivity contribution in [2.45, 2.75) is 19.4 Å². The van der Waals surface area contributed by atoms with Crippen molar-refractivity contribution in [3.63, 3.8) is 0 Å². The van der Waals surface area contributed by atoms with Gasteiger partial charge in [-0.1, -0.05) is 29.3 Å². The van der Waals surface area contributed by atoms with Gasteiger partial charge in [0.25, 0.3) is 0 Å². The van der Waals surface area contributed by atoms with E-state index >= 15 is 0 Å². The highest BCUT2D eigenvalue weighted by atomic mass is 35.5. The third kappa shape index (κ3) is 4.58. The van der Waals surface area contributed by atoms with E-state index in [9.17, 15) is 9.90 Å². The van der Waals surface area contributed by atoms with Crippen LogP contribution >= 0.6 is 23.2 Å². The number of hydrogen-bond donors (Lipinski definition) is 1. The molecule has 100 valence electrons. The molecule has 1 aromatic carbocycles. The first kappa shape index (κ1) is 15.4. The lowest BCUT2D eigenvalue weighted by Crippen LogP contribution is -2.29. The zero-order valence-electron chi connectivity index (χ0n) is 10.5. The average Bonchev–Trinajstić information content (AvgIpc) is 2.29. The van der Waals surface area contributed by atoms with Crippen LogP contribution in [0, 0.1) is 0 Å². The van der Waals surface area contributed by atoms with Crippen molar-refractivity contribution in [1.82, 2.24) is 4.90 Å². The number of Topliss-reactive ketones (excluding diaryl/α,β-unsaturated/α-hetero) is 1. The Morgan fingerprint density at radius 2 is 2.11 bits per heavy atom. The molecule has 0 saturated carbocycles. The molecular weight excluding hydrogens is 273 g/mol. The molecule has 1 unspecified atom stereocenters. The molecule has 0 aliphatic rings. The van der Waals surface area contributed by atoms with Gasteiger partial charge >= 0.3 is 0 Å². The Balaban J connectivity index is 2.58. The number of aliphatic hydroxyl groups is 1. The maximum Gasteiger partial charge on any atom is 0.165 e. The van der Waals surface area contributed by atoms with Gasteiger partial charge in [-0.25, -0.2) is 0 Å². The number of carbonyl (C=O) groups is 1. The smallest absolute Gasteiger partial charge is 0.165 e. The molecule has 18 heavy (non-hydrogen) atoms. The number of halogens is 2. The van der Waals surface area contributed by atoms with Gasteiger partial charge in [0.1, 0.15) is 0 Å². The molecule has 3 nitrogen and oxygen atoms in total. The van der Waals surface area contributed by atoms with E-state index in [4.69, 9.17) is 23.2 Å². The van der Waals surface area contributed by atoms with Crippen LogP contribution in [0.5, 0.6) is 0 Å². The SMILES string of the molecule is CC(O)CN(C)CCC(=O)c1cccc(Cl)c1Cl. The highest BCUT2D eigenvalue weighted by Gasteiger charge is 2.13. The molecular formula is C13H17Cl2NO2. The number of benzene rings is 1. The van der Waals surface area contributed by atoms with E-state index in [0.717, 1.165) is 0 Å². The molecule has 5 heteroatoms. The van der Waals surface area contributed by atoms with Crippen molar-refractivity contribution in [3.8, 4) is 0 Å². The fourth-order valence-electron chi connectivity index (χ4n) is 1.69. The summed E-state index contributed by atoms with van der Waals surface area (Å²) in [6.45, 7) is 2.83. The first-order valence-corrected chi connectivity index (χ1v) is 6.51. The Bertz CT molecular complexity index is 421. The summed E-state index contributed by atoms with van der Waals surface area (Å²) in [6.07, 6.45) is -0.0524. The first-order valence-electron chi connectivity index (χ1n) is 5.75. The lowest BCUT2D eigenvalue weighted by molar-refractivity contribution is 0.0948. The number of hydrogen-bond acceptors (Lipinski definition) is 3. The van der Waals surface area contributed by atoms with Gasteiger partial charge in [0.05, 0.1) is 16.1 Å². The third-order valence-corrected chi connectivity index (χ3v) is 3.37. The molecule has 0 spiro atoms. The first-order chi connectivity index (χ1) is 8.41. The largest absolute Gasteiger partial charge is 0.392 e. The quantitative estimate of drug-likeness (QED) is 0.819.